The molecule has 3 N–H and O–H groups in total. The Labute approximate surface area is 243 Å². The number of sulfonamides is 1. The van der Waals surface area contributed by atoms with Gasteiger partial charge in [-0.3, -0.25) is 4.79 Å². The number of nitrogens with one attached hydrogen (secondary N) is 3. The number of hydrogen-bond donors (Lipinski definition) is 3. The summed E-state index contributed by atoms with van der Waals surface area (Å²) in [5.41, 5.74) is 0.990. The highest BCUT2D eigenvalue weighted by Gasteiger charge is 2.18. The van der Waals surface area contributed by atoms with Gasteiger partial charge in [0.05, 0.1) is 4.90 Å². The van der Waals surface area contributed by atoms with Gasteiger partial charge in [-0.25, -0.2) is 13.1 Å². The van der Waals surface area contributed by atoms with E-state index in [1.165, 1.54) is 38.5 Å². The van der Waals surface area contributed by atoms with E-state index in [2.05, 4.69) is 22.3 Å². The molecule has 0 heterocycles. The molecule has 226 valence electrons. The van der Waals surface area contributed by atoms with Gasteiger partial charge < -0.3 is 15.5 Å². The SMILES string of the molecule is CCNCCCNCCCCCCCCCC(=O)CCCCCNS(=O)(=O)c1cccc2c(N(C)C)cccc12. The van der Waals surface area contributed by atoms with Gasteiger partial charge >= 0.3 is 0 Å². The number of carbonyl (C=O) groups is 1. The summed E-state index contributed by atoms with van der Waals surface area (Å²) >= 11 is 0. The fraction of sp³-hybridized carbons (Fsp3) is 0.656. The average Bonchev–Trinajstić information content (AvgIpc) is 2.94. The molecule has 0 bridgehead atoms. The molecule has 0 amide bonds. The second-order valence-corrected chi connectivity index (χ2v) is 12.7. The predicted molar refractivity (Wildman–Crippen MR) is 170 cm³/mol. The van der Waals surface area contributed by atoms with E-state index in [9.17, 15) is 13.2 Å². The number of rotatable bonds is 24. The zero-order chi connectivity index (χ0) is 29.1. The summed E-state index contributed by atoms with van der Waals surface area (Å²) in [5, 5.41) is 8.50. The summed E-state index contributed by atoms with van der Waals surface area (Å²) < 4.78 is 28.7. The minimum Gasteiger partial charge on any atom is -0.377 e. The maximum absolute atomic E-state index is 13.0. The number of benzene rings is 2. The predicted octanol–water partition coefficient (Wildman–Crippen LogP) is 6.02. The monoisotopic (exact) mass is 574 g/mol. The van der Waals surface area contributed by atoms with Crippen molar-refractivity contribution < 1.29 is 13.2 Å². The Bertz CT molecular complexity index is 1090. The molecule has 0 atom stereocenters. The molecule has 2 aromatic rings. The molecule has 0 aliphatic heterocycles. The van der Waals surface area contributed by atoms with Crippen LogP contribution in [0.2, 0.25) is 0 Å². The number of carbonyl (C=O) groups excluding carboxylic acids is 1. The lowest BCUT2D eigenvalue weighted by molar-refractivity contribution is -0.119. The molecule has 0 unspecified atom stereocenters. The van der Waals surface area contributed by atoms with E-state index in [0.29, 0.717) is 30.1 Å². The van der Waals surface area contributed by atoms with E-state index >= 15 is 0 Å². The zero-order valence-corrected chi connectivity index (χ0v) is 26.1. The van der Waals surface area contributed by atoms with Gasteiger partial charge in [0.2, 0.25) is 10.0 Å². The van der Waals surface area contributed by atoms with Crippen LogP contribution in [-0.2, 0) is 14.8 Å². The van der Waals surface area contributed by atoms with Crippen LogP contribution in [0.25, 0.3) is 10.8 Å². The average molecular weight is 575 g/mol. The number of ketones is 1. The molecule has 40 heavy (non-hydrogen) atoms. The van der Waals surface area contributed by atoms with Crippen molar-refractivity contribution in [3.8, 4) is 0 Å². The molecule has 0 saturated heterocycles. The molecule has 0 radical (unpaired) electrons. The highest BCUT2D eigenvalue weighted by molar-refractivity contribution is 7.89. The molecule has 0 aliphatic rings. The van der Waals surface area contributed by atoms with Crippen molar-refractivity contribution in [2.24, 2.45) is 0 Å². The first-order chi connectivity index (χ1) is 19.4. The fourth-order valence-electron chi connectivity index (χ4n) is 5.02. The van der Waals surface area contributed by atoms with E-state index in [1.807, 2.05) is 43.3 Å². The van der Waals surface area contributed by atoms with Gasteiger partial charge in [-0.1, -0.05) is 69.7 Å². The van der Waals surface area contributed by atoms with Crippen molar-refractivity contribution in [3.63, 3.8) is 0 Å². The van der Waals surface area contributed by atoms with Crippen LogP contribution < -0.4 is 20.3 Å². The minimum atomic E-state index is -3.61. The summed E-state index contributed by atoms with van der Waals surface area (Å²) in [6.45, 7) is 6.89. The Morgan fingerprint density at radius 2 is 1.23 bits per heavy atom. The second-order valence-electron chi connectivity index (χ2n) is 11.0. The highest BCUT2D eigenvalue weighted by Crippen LogP contribution is 2.30. The summed E-state index contributed by atoms with van der Waals surface area (Å²) in [7, 11) is 0.303. The Morgan fingerprint density at radius 1 is 0.675 bits per heavy atom. The summed E-state index contributed by atoms with van der Waals surface area (Å²) in [5.74, 6) is 0.341. The molecule has 2 rings (SSSR count). The van der Waals surface area contributed by atoms with Crippen LogP contribution in [0.1, 0.15) is 90.4 Å². The fourth-order valence-corrected chi connectivity index (χ4v) is 6.31. The smallest absolute Gasteiger partial charge is 0.241 e. The van der Waals surface area contributed by atoms with Gasteiger partial charge in [0, 0.05) is 49.9 Å². The summed E-state index contributed by atoms with van der Waals surface area (Å²) in [6, 6.07) is 11.2. The first kappa shape index (κ1) is 34.2. The van der Waals surface area contributed by atoms with Crippen LogP contribution in [-0.4, -0.2) is 61.0 Å². The number of Topliss-reactive ketones (excluding diaryl/α,β-unsaturated/α-hetero) is 1. The largest absolute Gasteiger partial charge is 0.377 e. The highest BCUT2D eigenvalue weighted by atomic mass is 32.2. The van der Waals surface area contributed by atoms with Gasteiger partial charge in [0.1, 0.15) is 5.78 Å². The molecule has 2 aromatic carbocycles. The minimum absolute atomic E-state index is 0.312. The van der Waals surface area contributed by atoms with E-state index < -0.39 is 10.0 Å². The number of unbranched alkanes of at least 4 members (excludes halogenated alkanes) is 8. The van der Waals surface area contributed by atoms with Gasteiger partial charge in [0.25, 0.3) is 0 Å². The molecule has 0 aliphatic carbocycles. The Balaban J connectivity index is 1.49. The molecule has 8 heteroatoms. The standard InChI is InChI=1S/C32H54N4O3S/c1-4-33-25-17-26-34-24-13-9-7-5-6-8-11-18-28(37)19-12-10-14-27-35-40(38,39)32-23-16-20-29-30(32)21-15-22-31(29)36(2)3/h15-16,20-23,33-35H,4-14,17-19,24-27H2,1-3H3. The van der Waals surface area contributed by atoms with E-state index in [1.54, 1.807) is 12.1 Å². The molecule has 0 spiro atoms. The number of fused-ring (bicyclic) bond motifs is 1. The second kappa shape index (κ2) is 20.0. The van der Waals surface area contributed by atoms with Gasteiger partial charge in [0.15, 0.2) is 0 Å². The lowest BCUT2D eigenvalue weighted by Crippen LogP contribution is -2.25. The van der Waals surface area contributed by atoms with Crippen molar-refractivity contribution in [2.45, 2.75) is 95.3 Å². The Morgan fingerprint density at radius 3 is 1.93 bits per heavy atom. The van der Waals surface area contributed by atoms with Crippen molar-refractivity contribution in [1.82, 2.24) is 15.4 Å². The number of hydrogen-bond acceptors (Lipinski definition) is 6. The third-order valence-corrected chi connectivity index (χ3v) is 8.84. The summed E-state index contributed by atoms with van der Waals surface area (Å²) in [6.07, 6.45) is 13.3. The van der Waals surface area contributed by atoms with Gasteiger partial charge in [-0.15, -0.1) is 0 Å². The molecular formula is C32H54N4O3S. The Kier molecular flexibility index (Phi) is 17.1. The van der Waals surface area contributed by atoms with Crippen molar-refractivity contribution >= 4 is 32.3 Å². The van der Waals surface area contributed by atoms with Gasteiger partial charge in [-0.05, 0) is 70.4 Å². The van der Waals surface area contributed by atoms with Crippen LogP contribution in [0.5, 0.6) is 0 Å². The van der Waals surface area contributed by atoms with Crippen LogP contribution in [0.3, 0.4) is 0 Å². The molecular weight excluding hydrogens is 520 g/mol. The van der Waals surface area contributed by atoms with E-state index in [0.717, 1.165) is 74.7 Å². The molecule has 0 saturated carbocycles. The van der Waals surface area contributed by atoms with Crippen LogP contribution in [0, 0.1) is 0 Å². The van der Waals surface area contributed by atoms with Crippen LogP contribution in [0.4, 0.5) is 5.69 Å². The quantitative estimate of drug-likeness (QED) is 0.133. The maximum atomic E-state index is 13.0. The van der Waals surface area contributed by atoms with Crippen molar-refractivity contribution in [3.05, 3.63) is 36.4 Å². The normalized spacial score (nSPS) is 11.8. The zero-order valence-electron chi connectivity index (χ0n) is 25.3. The Hall–Kier alpha value is -2.00. The summed E-state index contributed by atoms with van der Waals surface area (Å²) in [4.78, 5) is 14.5. The van der Waals surface area contributed by atoms with E-state index in [4.69, 9.17) is 0 Å². The topological polar surface area (TPSA) is 90.5 Å². The number of anilines is 1. The molecule has 0 fully saturated rings. The third-order valence-electron chi connectivity index (χ3n) is 7.32. The lowest BCUT2D eigenvalue weighted by Gasteiger charge is -2.17. The van der Waals surface area contributed by atoms with Gasteiger partial charge in [-0.2, -0.15) is 0 Å². The maximum Gasteiger partial charge on any atom is 0.241 e. The van der Waals surface area contributed by atoms with E-state index in [-0.39, 0.29) is 0 Å². The third kappa shape index (κ3) is 13.1. The van der Waals surface area contributed by atoms with Crippen LogP contribution >= 0.6 is 0 Å². The molecule has 7 nitrogen and oxygen atoms in total. The molecule has 0 aromatic heterocycles. The first-order valence-electron chi connectivity index (χ1n) is 15.5. The first-order valence-corrected chi connectivity index (χ1v) is 17.0. The van der Waals surface area contributed by atoms with Crippen LogP contribution in [0.15, 0.2) is 41.3 Å². The lowest BCUT2D eigenvalue weighted by atomic mass is 10.0. The number of nitrogens with zero attached hydrogens (tertiary/aromatic N) is 1. The van der Waals surface area contributed by atoms with Crippen molar-refractivity contribution in [1.29, 1.82) is 0 Å². The van der Waals surface area contributed by atoms with Crippen molar-refractivity contribution in [2.75, 3.05) is 51.7 Å².